The molecule has 2 amide bonds. The quantitative estimate of drug-likeness (QED) is 0.304. The predicted molar refractivity (Wildman–Crippen MR) is 165 cm³/mol. The number of ether oxygens (including phenoxy) is 2. The molecule has 1 fully saturated rings. The number of hydrogen-bond acceptors (Lipinski definition) is 6. The summed E-state index contributed by atoms with van der Waals surface area (Å²) >= 11 is 12.5. The van der Waals surface area contributed by atoms with Crippen molar-refractivity contribution in [3.63, 3.8) is 0 Å². The van der Waals surface area contributed by atoms with Crippen LogP contribution in [0.4, 0.5) is 10.1 Å². The Morgan fingerprint density at radius 2 is 1.66 bits per heavy atom. The summed E-state index contributed by atoms with van der Waals surface area (Å²) in [5, 5.41) is 3.70. The molecular weight excluding hydrogens is 632 g/mol. The van der Waals surface area contributed by atoms with Gasteiger partial charge in [0.15, 0.2) is 11.5 Å². The SMILES string of the molecule is CC(C(=O)NC1CCCC1)N(Cc1ccc(Cl)cc1Cl)C(=O)CN(c1ccc(F)cc1)S(=O)(=O)c1ccc2c(c1)OCCO2. The lowest BCUT2D eigenvalue weighted by molar-refractivity contribution is -0.139. The minimum absolute atomic E-state index is 0.00678. The number of hydrogen-bond donors (Lipinski definition) is 1. The summed E-state index contributed by atoms with van der Waals surface area (Å²) in [6, 6.07) is 12.8. The van der Waals surface area contributed by atoms with Gasteiger partial charge in [-0.05, 0) is 73.9 Å². The Bertz CT molecular complexity index is 1630. The first-order chi connectivity index (χ1) is 21.0. The minimum Gasteiger partial charge on any atom is -0.486 e. The Balaban J connectivity index is 1.49. The van der Waals surface area contributed by atoms with Crippen molar-refractivity contribution in [1.82, 2.24) is 10.2 Å². The standard InChI is InChI=1S/C31H32Cl2FN3O6S/c1-20(31(39)35-24-4-2-3-5-24)36(18-21-6-7-22(32)16-27(21)33)30(38)19-37(25-10-8-23(34)9-11-25)44(40,41)26-12-13-28-29(17-26)43-15-14-42-28/h6-13,16-17,20,24H,2-5,14-15,18-19H2,1H3,(H,35,39). The van der Waals surface area contributed by atoms with Crippen LogP contribution >= 0.6 is 23.2 Å². The van der Waals surface area contributed by atoms with E-state index in [1.54, 1.807) is 19.1 Å². The number of rotatable bonds is 10. The van der Waals surface area contributed by atoms with Gasteiger partial charge in [0.25, 0.3) is 10.0 Å². The molecule has 1 saturated carbocycles. The highest BCUT2D eigenvalue weighted by atomic mass is 35.5. The van der Waals surface area contributed by atoms with Crippen LogP contribution in [-0.4, -0.2) is 57.0 Å². The molecule has 1 aliphatic heterocycles. The first-order valence-corrected chi connectivity index (χ1v) is 16.4. The number of benzene rings is 3. The van der Waals surface area contributed by atoms with Crippen molar-refractivity contribution in [2.75, 3.05) is 24.1 Å². The van der Waals surface area contributed by atoms with Gasteiger partial charge in [-0.1, -0.05) is 42.1 Å². The molecule has 234 valence electrons. The van der Waals surface area contributed by atoms with Crippen molar-refractivity contribution >= 4 is 50.7 Å². The number of fused-ring (bicyclic) bond motifs is 1. The molecule has 2 aliphatic rings. The normalized spacial score (nSPS) is 15.5. The van der Waals surface area contributed by atoms with Crippen molar-refractivity contribution in [2.24, 2.45) is 0 Å². The fraction of sp³-hybridized carbons (Fsp3) is 0.355. The maximum Gasteiger partial charge on any atom is 0.264 e. The van der Waals surface area contributed by atoms with Gasteiger partial charge in [0.2, 0.25) is 11.8 Å². The highest BCUT2D eigenvalue weighted by molar-refractivity contribution is 7.92. The Labute approximate surface area is 265 Å². The lowest BCUT2D eigenvalue weighted by Gasteiger charge is -2.32. The van der Waals surface area contributed by atoms with E-state index >= 15 is 0 Å². The molecule has 1 unspecified atom stereocenters. The van der Waals surface area contributed by atoms with Gasteiger partial charge in [0.1, 0.15) is 31.6 Å². The van der Waals surface area contributed by atoms with Crippen molar-refractivity contribution in [3.8, 4) is 11.5 Å². The van der Waals surface area contributed by atoms with E-state index in [1.807, 2.05) is 0 Å². The number of carbonyl (C=O) groups is 2. The van der Waals surface area contributed by atoms with Gasteiger partial charge in [0, 0.05) is 28.7 Å². The molecule has 0 aromatic heterocycles. The third-order valence-electron chi connectivity index (χ3n) is 7.72. The van der Waals surface area contributed by atoms with E-state index in [1.165, 1.54) is 41.3 Å². The highest BCUT2D eigenvalue weighted by Crippen LogP contribution is 2.34. The zero-order valence-electron chi connectivity index (χ0n) is 24.0. The second-order valence-corrected chi connectivity index (χ2v) is 13.4. The Morgan fingerprint density at radius 1 is 0.977 bits per heavy atom. The van der Waals surface area contributed by atoms with E-state index in [4.69, 9.17) is 32.7 Å². The van der Waals surface area contributed by atoms with Crippen LogP contribution in [-0.2, 0) is 26.2 Å². The van der Waals surface area contributed by atoms with E-state index in [9.17, 15) is 22.4 Å². The van der Waals surface area contributed by atoms with Crippen molar-refractivity contribution in [2.45, 2.75) is 56.1 Å². The predicted octanol–water partition coefficient (Wildman–Crippen LogP) is 5.58. The zero-order chi connectivity index (χ0) is 31.4. The highest BCUT2D eigenvalue weighted by Gasteiger charge is 2.34. The van der Waals surface area contributed by atoms with Gasteiger partial charge < -0.3 is 19.7 Å². The van der Waals surface area contributed by atoms with E-state index < -0.39 is 34.3 Å². The number of anilines is 1. The molecule has 9 nitrogen and oxygen atoms in total. The molecule has 1 aliphatic carbocycles. The monoisotopic (exact) mass is 663 g/mol. The van der Waals surface area contributed by atoms with Gasteiger partial charge in [-0.3, -0.25) is 13.9 Å². The smallest absolute Gasteiger partial charge is 0.264 e. The molecule has 1 heterocycles. The van der Waals surface area contributed by atoms with Crippen LogP contribution in [0.3, 0.4) is 0 Å². The van der Waals surface area contributed by atoms with Gasteiger partial charge in [-0.2, -0.15) is 0 Å². The molecule has 1 N–H and O–H groups in total. The lowest BCUT2D eigenvalue weighted by atomic mass is 10.1. The average molecular weight is 665 g/mol. The maximum absolute atomic E-state index is 14.1. The average Bonchev–Trinajstić information content (AvgIpc) is 3.52. The topological polar surface area (TPSA) is 105 Å². The summed E-state index contributed by atoms with van der Waals surface area (Å²) in [6.45, 7) is 1.39. The Hall–Kier alpha value is -3.54. The van der Waals surface area contributed by atoms with Gasteiger partial charge in [0.05, 0.1) is 10.6 Å². The Kier molecular flexibility index (Phi) is 9.87. The van der Waals surface area contributed by atoms with Crippen molar-refractivity contribution < 1.29 is 31.9 Å². The largest absolute Gasteiger partial charge is 0.486 e. The molecule has 0 saturated heterocycles. The summed E-state index contributed by atoms with van der Waals surface area (Å²) in [7, 11) is -4.40. The van der Waals surface area contributed by atoms with Crippen molar-refractivity contribution in [3.05, 3.63) is 82.1 Å². The number of nitrogens with one attached hydrogen (secondary N) is 1. The molecule has 13 heteroatoms. The van der Waals surface area contributed by atoms with Crippen molar-refractivity contribution in [1.29, 1.82) is 0 Å². The molecule has 1 atom stereocenters. The van der Waals surface area contributed by atoms with Crippen LogP contribution in [0.5, 0.6) is 11.5 Å². The summed E-state index contributed by atoms with van der Waals surface area (Å²) in [4.78, 5) is 28.6. The minimum atomic E-state index is -4.40. The summed E-state index contributed by atoms with van der Waals surface area (Å²) in [5.41, 5.74) is 0.579. The summed E-state index contributed by atoms with van der Waals surface area (Å²) in [6.07, 6.45) is 3.71. The van der Waals surface area contributed by atoms with Gasteiger partial charge >= 0.3 is 0 Å². The zero-order valence-corrected chi connectivity index (χ0v) is 26.3. The fourth-order valence-electron chi connectivity index (χ4n) is 5.26. The van der Waals surface area contributed by atoms with Crippen LogP contribution < -0.4 is 19.1 Å². The summed E-state index contributed by atoms with van der Waals surface area (Å²) in [5.74, 6) is -0.964. The van der Waals surface area contributed by atoms with E-state index in [0.717, 1.165) is 42.1 Å². The van der Waals surface area contributed by atoms with Crippen LogP contribution in [0.15, 0.2) is 65.6 Å². The van der Waals surface area contributed by atoms with Crippen LogP contribution in [0.25, 0.3) is 0 Å². The van der Waals surface area contributed by atoms with Gasteiger partial charge in [-0.15, -0.1) is 0 Å². The second kappa shape index (κ2) is 13.6. The molecular formula is C31H32Cl2FN3O6S. The number of sulfonamides is 1. The Morgan fingerprint density at radius 3 is 2.34 bits per heavy atom. The third kappa shape index (κ3) is 7.22. The molecule has 3 aromatic carbocycles. The molecule has 5 rings (SSSR count). The fourth-order valence-corrected chi connectivity index (χ4v) is 7.15. The first kappa shape index (κ1) is 31.9. The number of amides is 2. The summed E-state index contributed by atoms with van der Waals surface area (Å²) < 4.78 is 54.1. The number of nitrogens with zero attached hydrogens (tertiary/aromatic N) is 2. The molecule has 0 spiro atoms. The van der Waals surface area contributed by atoms with Crippen LogP contribution in [0.2, 0.25) is 10.0 Å². The molecule has 0 bridgehead atoms. The van der Waals surface area contributed by atoms with Crippen LogP contribution in [0.1, 0.15) is 38.2 Å². The second-order valence-electron chi connectivity index (χ2n) is 10.7. The molecule has 3 aromatic rings. The van der Waals surface area contributed by atoms with E-state index in [-0.39, 0.29) is 46.5 Å². The first-order valence-electron chi connectivity index (χ1n) is 14.2. The number of carbonyl (C=O) groups excluding carboxylic acids is 2. The van der Waals surface area contributed by atoms with E-state index in [0.29, 0.717) is 22.9 Å². The maximum atomic E-state index is 14.1. The van der Waals surface area contributed by atoms with E-state index in [2.05, 4.69) is 5.32 Å². The number of halogens is 3. The third-order valence-corrected chi connectivity index (χ3v) is 10.1. The molecule has 44 heavy (non-hydrogen) atoms. The molecule has 0 radical (unpaired) electrons. The lowest BCUT2D eigenvalue weighted by Crippen LogP contribution is -2.52. The van der Waals surface area contributed by atoms with Gasteiger partial charge in [-0.25, -0.2) is 12.8 Å². The van der Waals surface area contributed by atoms with Crippen LogP contribution in [0, 0.1) is 5.82 Å².